The lowest BCUT2D eigenvalue weighted by molar-refractivity contribution is 0.0958. The summed E-state index contributed by atoms with van der Waals surface area (Å²) < 4.78 is 22.4. The van der Waals surface area contributed by atoms with Gasteiger partial charge in [0.15, 0.2) is 0 Å². The van der Waals surface area contributed by atoms with Gasteiger partial charge in [0.25, 0.3) is 5.91 Å². The van der Waals surface area contributed by atoms with E-state index in [2.05, 4.69) is 5.32 Å². The van der Waals surface area contributed by atoms with E-state index in [1.807, 2.05) is 6.07 Å². The molecule has 5 nitrogen and oxygen atoms in total. The molecule has 1 heterocycles. The molecule has 0 radical (unpaired) electrons. The van der Waals surface area contributed by atoms with Crippen LogP contribution in [0.1, 0.15) is 32.1 Å². The van der Waals surface area contributed by atoms with Crippen molar-refractivity contribution < 1.29 is 13.2 Å². The normalized spacial score (nSPS) is 13.8. The summed E-state index contributed by atoms with van der Waals surface area (Å²) in [6.07, 6.45) is 4.00. The van der Waals surface area contributed by atoms with Crippen molar-refractivity contribution in [3.8, 4) is 0 Å². The third kappa shape index (κ3) is 3.80. The summed E-state index contributed by atoms with van der Waals surface area (Å²) in [6.45, 7) is 0.510. The number of primary sulfonamides is 1. The first-order valence-corrected chi connectivity index (χ1v) is 9.81. The number of hydrogen-bond donors (Lipinski definition) is 2. The largest absolute Gasteiger partial charge is 0.351 e. The maximum atomic E-state index is 12.1. The third-order valence-electron chi connectivity index (χ3n) is 3.92. The van der Waals surface area contributed by atoms with Crippen molar-refractivity contribution >= 4 is 27.3 Å². The van der Waals surface area contributed by atoms with E-state index in [-0.39, 0.29) is 10.8 Å². The predicted molar refractivity (Wildman–Crippen MR) is 90.2 cm³/mol. The van der Waals surface area contributed by atoms with Crippen LogP contribution in [0.4, 0.5) is 0 Å². The molecule has 1 aliphatic rings. The minimum absolute atomic E-state index is 0.0365. The summed E-state index contributed by atoms with van der Waals surface area (Å²) in [4.78, 5) is 14.3. The molecule has 3 rings (SSSR count). The van der Waals surface area contributed by atoms with Crippen molar-refractivity contribution in [2.75, 3.05) is 6.54 Å². The van der Waals surface area contributed by atoms with Crippen molar-refractivity contribution in [3.05, 3.63) is 51.2 Å². The number of nitrogens with one attached hydrogen (secondary N) is 1. The van der Waals surface area contributed by atoms with Crippen molar-refractivity contribution in [1.82, 2.24) is 5.32 Å². The summed E-state index contributed by atoms with van der Waals surface area (Å²) in [5, 5.41) is 7.97. The molecule has 0 fully saturated rings. The smallest absolute Gasteiger partial charge is 0.261 e. The second-order valence-corrected chi connectivity index (χ2v) is 8.31. The van der Waals surface area contributed by atoms with Crippen LogP contribution in [0.3, 0.4) is 0 Å². The topological polar surface area (TPSA) is 89.3 Å². The molecule has 0 bridgehead atoms. The number of sulfonamides is 1. The molecule has 122 valence electrons. The van der Waals surface area contributed by atoms with Gasteiger partial charge in [0.05, 0.1) is 9.77 Å². The lowest BCUT2D eigenvalue weighted by atomic mass is 10.1. The molecule has 1 aromatic carbocycles. The number of thiophene rings is 1. The maximum Gasteiger partial charge on any atom is 0.261 e. The highest BCUT2D eigenvalue weighted by molar-refractivity contribution is 7.89. The fourth-order valence-corrected chi connectivity index (χ4v) is 4.38. The average molecular weight is 350 g/mol. The van der Waals surface area contributed by atoms with E-state index >= 15 is 0 Å². The summed E-state index contributed by atoms with van der Waals surface area (Å²) >= 11 is 1.59. The van der Waals surface area contributed by atoms with Crippen LogP contribution in [0, 0.1) is 0 Å². The molecular formula is C16H18N2O3S2. The average Bonchev–Trinajstić information content (AvgIpc) is 3.08. The molecular weight excluding hydrogens is 332 g/mol. The van der Waals surface area contributed by atoms with E-state index in [0.29, 0.717) is 13.0 Å². The van der Waals surface area contributed by atoms with Gasteiger partial charge in [-0.2, -0.15) is 0 Å². The van der Waals surface area contributed by atoms with Gasteiger partial charge in [0.2, 0.25) is 10.0 Å². The van der Waals surface area contributed by atoms with E-state index in [9.17, 15) is 13.2 Å². The summed E-state index contributed by atoms with van der Waals surface area (Å²) in [5.41, 5.74) is 2.27. The first kappa shape index (κ1) is 16.2. The molecule has 0 spiro atoms. The zero-order valence-corrected chi connectivity index (χ0v) is 14.2. The van der Waals surface area contributed by atoms with Crippen molar-refractivity contribution in [2.45, 2.75) is 30.6 Å². The molecule has 1 aliphatic carbocycles. The van der Waals surface area contributed by atoms with Gasteiger partial charge >= 0.3 is 0 Å². The number of nitrogens with two attached hydrogens (primary N) is 1. The zero-order chi connectivity index (χ0) is 16.4. The first-order valence-electron chi connectivity index (χ1n) is 7.45. The van der Waals surface area contributed by atoms with Gasteiger partial charge in [0.1, 0.15) is 0 Å². The number of aryl methyl sites for hydroxylation is 2. The van der Waals surface area contributed by atoms with E-state index in [1.165, 1.54) is 29.0 Å². The lowest BCUT2D eigenvalue weighted by Gasteiger charge is -2.05. The first-order chi connectivity index (χ1) is 10.9. The minimum Gasteiger partial charge on any atom is -0.351 e. The maximum absolute atomic E-state index is 12.1. The van der Waals surface area contributed by atoms with Crippen LogP contribution >= 0.6 is 11.3 Å². The molecule has 23 heavy (non-hydrogen) atoms. The summed E-state index contributed by atoms with van der Waals surface area (Å²) in [5.74, 6) is -0.0365. The van der Waals surface area contributed by atoms with Crippen LogP contribution in [0.5, 0.6) is 0 Å². The number of benzene rings is 1. The molecule has 0 saturated carbocycles. The Morgan fingerprint density at radius 3 is 2.61 bits per heavy atom. The fourth-order valence-electron chi connectivity index (χ4n) is 2.69. The number of carbonyl (C=O) groups excluding carboxylic acids is 1. The quantitative estimate of drug-likeness (QED) is 0.862. The lowest BCUT2D eigenvalue weighted by Crippen LogP contribution is -2.24. The number of hydrogen-bond acceptors (Lipinski definition) is 4. The van der Waals surface area contributed by atoms with Gasteiger partial charge in [-0.1, -0.05) is 12.1 Å². The molecule has 2 aromatic rings. The van der Waals surface area contributed by atoms with Crippen LogP contribution < -0.4 is 10.5 Å². The highest BCUT2D eigenvalue weighted by Gasteiger charge is 2.18. The second-order valence-electron chi connectivity index (χ2n) is 5.61. The highest BCUT2D eigenvalue weighted by Crippen LogP contribution is 2.30. The van der Waals surface area contributed by atoms with Crippen LogP contribution in [0.2, 0.25) is 0 Å². The molecule has 0 aliphatic heterocycles. The Morgan fingerprint density at radius 1 is 1.22 bits per heavy atom. The molecule has 3 N–H and O–H groups in total. The molecule has 0 atom stereocenters. The summed E-state index contributed by atoms with van der Waals surface area (Å²) in [6, 6.07) is 8.40. The van der Waals surface area contributed by atoms with Crippen molar-refractivity contribution in [3.63, 3.8) is 0 Å². The number of fused-ring (bicyclic) bond motifs is 1. The Labute approximate surface area is 139 Å². The Balaban J connectivity index is 1.53. The van der Waals surface area contributed by atoms with Gasteiger partial charge in [-0.3, -0.25) is 4.79 Å². The molecule has 1 amide bonds. The Bertz CT molecular complexity index is 802. The molecule has 1 aromatic heterocycles. The summed E-state index contributed by atoms with van der Waals surface area (Å²) in [7, 11) is -3.66. The van der Waals surface area contributed by atoms with E-state index in [0.717, 1.165) is 23.3 Å². The van der Waals surface area contributed by atoms with Gasteiger partial charge in [-0.25, -0.2) is 13.6 Å². The Morgan fingerprint density at radius 2 is 1.96 bits per heavy atom. The predicted octanol–water partition coefficient (Wildman–Crippen LogP) is 1.86. The number of rotatable bonds is 5. The van der Waals surface area contributed by atoms with Gasteiger partial charge in [-0.15, -0.1) is 11.3 Å². The number of carbonyl (C=O) groups is 1. The Hall–Kier alpha value is -1.70. The van der Waals surface area contributed by atoms with Crippen molar-refractivity contribution in [2.24, 2.45) is 5.14 Å². The van der Waals surface area contributed by atoms with Gasteiger partial charge < -0.3 is 5.32 Å². The van der Waals surface area contributed by atoms with Crippen LogP contribution in [-0.2, 0) is 29.3 Å². The monoisotopic (exact) mass is 350 g/mol. The van der Waals surface area contributed by atoms with Gasteiger partial charge in [0, 0.05) is 11.4 Å². The molecule has 7 heteroatoms. The van der Waals surface area contributed by atoms with Crippen LogP contribution in [0.25, 0.3) is 0 Å². The Kier molecular flexibility index (Phi) is 4.52. The second kappa shape index (κ2) is 6.43. The van der Waals surface area contributed by atoms with Crippen molar-refractivity contribution in [1.29, 1.82) is 0 Å². The number of amides is 1. The van der Waals surface area contributed by atoms with Gasteiger partial charge in [-0.05, 0) is 55.0 Å². The van der Waals surface area contributed by atoms with E-state index in [1.54, 1.807) is 23.5 Å². The minimum atomic E-state index is -3.66. The van der Waals surface area contributed by atoms with E-state index < -0.39 is 10.0 Å². The fraction of sp³-hybridized carbons (Fsp3) is 0.312. The van der Waals surface area contributed by atoms with Crippen LogP contribution in [0.15, 0.2) is 35.2 Å². The zero-order valence-electron chi connectivity index (χ0n) is 12.5. The molecule has 0 saturated heterocycles. The standard InChI is InChI=1S/C16H18N2O3S2/c17-23(20,21)13-6-4-11(5-7-13)8-9-18-16(19)15-10-12-2-1-3-14(12)22-15/h4-7,10H,1-3,8-9H2,(H,18,19)(H2,17,20,21). The van der Waals surface area contributed by atoms with Crippen LogP contribution in [-0.4, -0.2) is 20.9 Å². The molecule has 0 unspecified atom stereocenters. The SMILES string of the molecule is NS(=O)(=O)c1ccc(CCNC(=O)c2cc3c(s2)CCC3)cc1. The highest BCUT2D eigenvalue weighted by atomic mass is 32.2. The third-order valence-corrected chi connectivity index (χ3v) is 6.09. The van der Waals surface area contributed by atoms with E-state index in [4.69, 9.17) is 5.14 Å².